The fourth-order valence-corrected chi connectivity index (χ4v) is 4.31. The monoisotopic (exact) mass is 474 g/mol. The first-order chi connectivity index (χ1) is 14.7. The third-order valence-corrected chi connectivity index (χ3v) is 5.99. The average molecular weight is 475 g/mol. The van der Waals surface area contributed by atoms with E-state index in [9.17, 15) is 22.8 Å². The van der Waals surface area contributed by atoms with Crippen LogP contribution in [0.4, 0.5) is 13.2 Å². The molecule has 11 heteroatoms. The molecular weight excluding hydrogens is 457 g/mol. The minimum Gasteiger partial charge on any atom is -0.468 e. The van der Waals surface area contributed by atoms with Crippen LogP contribution < -0.4 is 5.76 Å². The number of hydrogen-bond acceptors (Lipinski definition) is 6. The second-order valence-electron chi connectivity index (χ2n) is 6.63. The van der Waals surface area contributed by atoms with Crippen molar-refractivity contribution in [2.24, 2.45) is 0 Å². The molecule has 6 nitrogen and oxygen atoms in total. The SMILES string of the molecule is CCCCC(Sc1ccc2c(c1)oc(=O)n2-c1ncc(C(F)(F)F)cc1Cl)C(=O)OC. The predicted molar refractivity (Wildman–Crippen MR) is 111 cm³/mol. The summed E-state index contributed by atoms with van der Waals surface area (Å²) in [6, 6.07) is 5.52. The molecule has 1 aromatic carbocycles. The number of ether oxygens (including phenoxy) is 1. The summed E-state index contributed by atoms with van der Waals surface area (Å²) in [6.07, 6.45) is -1.61. The van der Waals surface area contributed by atoms with Crippen molar-refractivity contribution >= 4 is 40.4 Å². The first-order valence-electron chi connectivity index (χ1n) is 9.29. The summed E-state index contributed by atoms with van der Waals surface area (Å²) in [7, 11) is 1.32. The van der Waals surface area contributed by atoms with Gasteiger partial charge in [0, 0.05) is 11.1 Å². The van der Waals surface area contributed by atoms with Gasteiger partial charge in [-0.1, -0.05) is 31.4 Å². The molecule has 1 unspecified atom stereocenters. The average Bonchev–Trinajstić information content (AvgIpc) is 3.04. The van der Waals surface area contributed by atoms with Gasteiger partial charge in [0.2, 0.25) is 0 Å². The highest BCUT2D eigenvalue weighted by atomic mass is 35.5. The number of halogens is 4. The number of carbonyl (C=O) groups excluding carboxylic acids is 1. The molecule has 3 rings (SSSR count). The Bertz CT molecular complexity index is 1160. The van der Waals surface area contributed by atoms with Crippen LogP contribution in [0.1, 0.15) is 31.7 Å². The normalized spacial score (nSPS) is 12.8. The topological polar surface area (TPSA) is 74.3 Å². The number of thioether (sulfide) groups is 1. The van der Waals surface area contributed by atoms with Crippen LogP contribution in [0.2, 0.25) is 5.02 Å². The van der Waals surface area contributed by atoms with Gasteiger partial charge in [-0.15, -0.1) is 11.8 Å². The number of unbranched alkanes of at least 4 members (excludes halogenated alkanes) is 1. The molecule has 0 radical (unpaired) electrons. The first-order valence-corrected chi connectivity index (χ1v) is 10.5. The zero-order valence-corrected chi connectivity index (χ0v) is 18.1. The van der Waals surface area contributed by atoms with E-state index >= 15 is 0 Å². The molecule has 3 aromatic rings. The van der Waals surface area contributed by atoms with Gasteiger partial charge < -0.3 is 9.15 Å². The molecule has 0 aliphatic heterocycles. The molecule has 2 heterocycles. The molecule has 0 fully saturated rings. The molecule has 0 saturated heterocycles. The minimum atomic E-state index is -4.61. The Balaban J connectivity index is 1.98. The minimum absolute atomic E-state index is 0.172. The Kier molecular flexibility index (Phi) is 7.00. The number of fused-ring (bicyclic) bond motifs is 1. The highest BCUT2D eigenvalue weighted by Crippen LogP contribution is 2.34. The van der Waals surface area contributed by atoms with Gasteiger partial charge in [-0.3, -0.25) is 4.79 Å². The van der Waals surface area contributed by atoms with Crippen LogP contribution >= 0.6 is 23.4 Å². The van der Waals surface area contributed by atoms with Crippen molar-refractivity contribution in [1.29, 1.82) is 0 Å². The van der Waals surface area contributed by atoms with Crippen LogP contribution in [0, 0.1) is 0 Å². The molecule has 1 atom stereocenters. The van der Waals surface area contributed by atoms with Gasteiger partial charge >= 0.3 is 17.9 Å². The highest BCUT2D eigenvalue weighted by molar-refractivity contribution is 8.00. The van der Waals surface area contributed by atoms with Gasteiger partial charge in [-0.05, 0) is 30.7 Å². The van der Waals surface area contributed by atoms with Crippen molar-refractivity contribution < 1.29 is 27.1 Å². The molecule has 0 amide bonds. The zero-order valence-electron chi connectivity index (χ0n) is 16.5. The highest BCUT2D eigenvalue weighted by Gasteiger charge is 2.32. The number of benzene rings is 1. The standard InChI is InChI=1S/C20H18ClF3N2O4S/c1-3-4-5-16(18(27)29-2)31-12-6-7-14-15(9-12)30-19(28)26(14)17-13(21)8-11(10-25-17)20(22,23)24/h6-10,16H,3-5H2,1-2H3. The van der Waals surface area contributed by atoms with E-state index < -0.39 is 22.7 Å². The summed E-state index contributed by atoms with van der Waals surface area (Å²) in [5.41, 5.74) is -0.555. The largest absolute Gasteiger partial charge is 0.468 e. The van der Waals surface area contributed by atoms with E-state index in [1.165, 1.54) is 18.9 Å². The third-order valence-electron chi connectivity index (χ3n) is 4.48. The Morgan fingerprint density at radius 1 is 1.35 bits per heavy atom. The summed E-state index contributed by atoms with van der Waals surface area (Å²) in [5, 5.41) is -0.759. The van der Waals surface area contributed by atoms with E-state index in [1.54, 1.807) is 18.2 Å². The van der Waals surface area contributed by atoms with E-state index in [2.05, 4.69) is 4.98 Å². The fourth-order valence-electron chi connectivity index (χ4n) is 2.93. The van der Waals surface area contributed by atoms with Crippen LogP contribution in [0.15, 0.2) is 44.6 Å². The summed E-state index contributed by atoms with van der Waals surface area (Å²) in [5.74, 6) is -1.37. The van der Waals surface area contributed by atoms with Gasteiger partial charge in [0.1, 0.15) is 5.25 Å². The summed E-state index contributed by atoms with van der Waals surface area (Å²) in [4.78, 5) is 28.8. The van der Waals surface area contributed by atoms with Gasteiger partial charge in [-0.25, -0.2) is 14.3 Å². The van der Waals surface area contributed by atoms with Crippen molar-refractivity contribution in [3.8, 4) is 5.82 Å². The zero-order chi connectivity index (χ0) is 22.8. The number of rotatable bonds is 7. The Hall–Kier alpha value is -2.46. The lowest BCUT2D eigenvalue weighted by Crippen LogP contribution is -2.18. The molecule has 31 heavy (non-hydrogen) atoms. The van der Waals surface area contributed by atoms with Crippen LogP contribution in [-0.4, -0.2) is 27.9 Å². The van der Waals surface area contributed by atoms with E-state index in [1.807, 2.05) is 6.92 Å². The van der Waals surface area contributed by atoms with Crippen molar-refractivity contribution in [3.05, 3.63) is 51.6 Å². The number of oxazole rings is 1. The van der Waals surface area contributed by atoms with E-state index in [0.717, 1.165) is 17.4 Å². The Morgan fingerprint density at radius 2 is 2.10 bits per heavy atom. The number of hydrogen-bond donors (Lipinski definition) is 0. The Labute approximate surface area is 184 Å². The maximum absolute atomic E-state index is 12.9. The molecule has 2 aromatic heterocycles. The smallest absolute Gasteiger partial charge is 0.425 e. The van der Waals surface area contributed by atoms with Crippen molar-refractivity contribution in [1.82, 2.24) is 9.55 Å². The molecule has 166 valence electrons. The number of nitrogens with zero attached hydrogens (tertiary/aromatic N) is 2. The lowest BCUT2D eigenvalue weighted by Gasteiger charge is -2.13. The molecular formula is C20H18ClF3N2O4S. The Morgan fingerprint density at radius 3 is 2.71 bits per heavy atom. The van der Waals surface area contributed by atoms with E-state index in [4.69, 9.17) is 20.8 Å². The molecule has 0 bridgehead atoms. The number of carbonyl (C=O) groups is 1. The predicted octanol–water partition coefficient (Wildman–Crippen LogP) is 5.47. The van der Waals surface area contributed by atoms with Crippen LogP contribution in [-0.2, 0) is 15.7 Å². The molecule has 0 aliphatic carbocycles. The molecule has 0 aliphatic rings. The quantitative estimate of drug-likeness (QED) is 0.333. The number of pyridine rings is 1. The second-order valence-corrected chi connectivity index (χ2v) is 8.32. The maximum Gasteiger partial charge on any atom is 0.425 e. The van der Waals surface area contributed by atoms with Gasteiger partial charge in [0.15, 0.2) is 11.4 Å². The van der Waals surface area contributed by atoms with Crippen LogP contribution in [0.25, 0.3) is 16.9 Å². The third kappa shape index (κ3) is 5.07. The summed E-state index contributed by atoms with van der Waals surface area (Å²) in [6.45, 7) is 2.02. The van der Waals surface area contributed by atoms with Gasteiger partial charge in [0.25, 0.3) is 0 Å². The van der Waals surface area contributed by atoms with Gasteiger partial charge in [0.05, 0.1) is 23.2 Å². The summed E-state index contributed by atoms with van der Waals surface area (Å²) >= 11 is 7.26. The van der Waals surface area contributed by atoms with Gasteiger partial charge in [-0.2, -0.15) is 13.2 Å². The lowest BCUT2D eigenvalue weighted by atomic mass is 10.2. The number of alkyl halides is 3. The van der Waals surface area contributed by atoms with Crippen molar-refractivity contribution in [3.63, 3.8) is 0 Å². The number of esters is 1. The van der Waals surface area contributed by atoms with Crippen molar-refractivity contribution in [2.45, 2.75) is 42.5 Å². The maximum atomic E-state index is 12.9. The molecule has 0 N–H and O–H groups in total. The summed E-state index contributed by atoms with van der Waals surface area (Å²) < 4.78 is 49.7. The van der Waals surface area contributed by atoms with Crippen molar-refractivity contribution in [2.75, 3.05) is 7.11 Å². The molecule has 0 spiro atoms. The van der Waals surface area contributed by atoms with Crippen LogP contribution in [0.3, 0.4) is 0 Å². The van der Waals surface area contributed by atoms with E-state index in [-0.39, 0.29) is 27.9 Å². The second kappa shape index (κ2) is 9.35. The number of aromatic nitrogens is 2. The first kappa shape index (κ1) is 23.2. The molecule has 0 saturated carbocycles. The van der Waals surface area contributed by atoms with Crippen LogP contribution in [0.5, 0.6) is 0 Å². The fraction of sp³-hybridized carbons (Fsp3) is 0.350. The number of methoxy groups -OCH3 is 1. The van der Waals surface area contributed by atoms with E-state index in [0.29, 0.717) is 23.6 Å². The lowest BCUT2D eigenvalue weighted by molar-refractivity contribution is -0.140.